The Bertz CT molecular complexity index is 1320. The molecule has 0 saturated carbocycles. The molecule has 296 valence electrons. The molecule has 2 aliphatic rings. The first-order valence-corrected chi connectivity index (χ1v) is 19.6. The van der Waals surface area contributed by atoms with E-state index in [1.54, 1.807) is 6.92 Å². The molecule has 0 bridgehead atoms. The monoisotopic (exact) mass is 725 g/mol. The molecule has 1 aromatic rings. The number of rotatable bonds is 9. The second-order valence-electron chi connectivity index (χ2n) is 20.4. The maximum atomic E-state index is 15.0. The first kappa shape index (κ1) is 45.6. The Morgan fingerprint density at radius 1 is 0.769 bits per heavy atom. The van der Waals surface area contributed by atoms with Crippen molar-refractivity contribution in [2.24, 2.45) is 5.41 Å². The van der Waals surface area contributed by atoms with Gasteiger partial charge in [0.2, 0.25) is 0 Å². The van der Waals surface area contributed by atoms with E-state index in [4.69, 9.17) is 9.47 Å². The minimum atomic E-state index is -1.54. The fraction of sp³-hybridized carbons (Fsp3) is 0.778. The highest BCUT2D eigenvalue weighted by Gasteiger charge is 2.53. The van der Waals surface area contributed by atoms with Crippen LogP contribution in [0.4, 0.5) is 0 Å². The summed E-state index contributed by atoms with van der Waals surface area (Å²) in [6.07, 6.45) is 8.61. The molecule has 2 saturated heterocycles. The van der Waals surface area contributed by atoms with Crippen LogP contribution in [0.2, 0.25) is 0 Å². The molecule has 0 spiro atoms. The van der Waals surface area contributed by atoms with Gasteiger partial charge in [-0.1, -0.05) is 73.4 Å². The topological polar surface area (TPSA) is 79.3 Å². The van der Waals surface area contributed by atoms with Gasteiger partial charge in [0.05, 0.1) is 0 Å². The van der Waals surface area contributed by atoms with Crippen LogP contribution < -0.4 is 0 Å². The minimum absolute atomic E-state index is 0.149. The van der Waals surface area contributed by atoms with Gasteiger partial charge < -0.3 is 14.6 Å². The van der Waals surface area contributed by atoms with E-state index in [-0.39, 0.29) is 57.4 Å². The number of phenolic OH excluding ortho intramolecular Hbond substituents is 1. The lowest BCUT2D eigenvalue weighted by Gasteiger charge is -2.53. The van der Waals surface area contributed by atoms with Crippen molar-refractivity contribution in [3.05, 3.63) is 28.8 Å². The number of carbonyl (C=O) groups excluding carboxylic acids is 2. The SMILES string of the molecule is C#CC.CCCCC(Cc1cc(C(C)(C)C)c(O)c(C(C)(C)C)c1)(C(=O)OC1CC(C)(C)N(C)C(C)(C)C1)C(=O)OC1CC(C)(C)N(C)C(C)(C)C1. The standard InChI is InChI=1S/C42H72N2O5.C3H4/c1-18-19-20-42(34(46)48-29-24-38(8,9)43(16)39(10,11)25-29,35(47)49-30-26-40(12,13)44(17)41(14,15)27-30)23-28-21-31(36(2,3)4)33(45)32(22-28)37(5,6)7;1-3-2/h21-22,29-30,45H,18-20,23-27H2,1-17H3;1H,2H3. The molecule has 52 heavy (non-hydrogen) atoms. The lowest BCUT2D eigenvalue weighted by atomic mass is 9.73. The Kier molecular flexibility index (Phi) is 14.1. The van der Waals surface area contributed by atoms with E-state index in [0.717, 1.165) is 23.1 Å². The largest absolute Gasteiger partial charge is 0.507 e. The molecule has 0 amide bonds. The Hall–Kier alpha value is -2.56. The summed E-state index contributed by atoms with van der Waals surface area (Å²) in [6, 6.07) is 3.99. The third kappa shape index (κ3) is 10.3. The third-order valence-corrected chi connectivity index (χ3v) is 12.1. The van der Waals surface area contributed by atoms with Crippen molar-refractivity contribution < 1.29 is 24.2 Å². The van der Waals surface area contributed by atoms with Crippen molar-refractivity contribution in [3.63, 3.8) is 0 Å². The predicted molar refractivity (Wildman–Crippen MR) is 216 cm³/mol. The van der Waals surface area contributed by atoms with Gasteiger partial charge in [-0.05, 0) is 117 Å². The van der Waals surface area contributed by atoms with Crippen LogP contribution in [0, 0.1) is 17.8 Å². The normalized spacial score (nSPS) is 21.0. The maximum absolute atomic E-state index is 15.0. The second-order valence-corrected chi connectivity index (χ2v) is 20.4. The molecule has 2 aliphatic heterocycles. The number of likely N-dealkylation sites (tertiary alicyclic amines) is 2. The zero-order chi connectivity index (χ0) is 40.5. The summed E-state index contributed by atoms with van der Waals surface area (Å²) in [4.78, 5) is 34.7. The second kappa shape index (κ2) is 16.0. The number of phenols is 1. The number of esters is 2. The quantitative estimate of drug-likeness (QED) is 0.154. The molecule has 3 rings (SSSR count). The Labute approximate surface area is 319 Å². The zero-order valence-corrected chi connectivity index (χ0v) is 36.5. The lowest BCUT2D eigenvalue weighted by molar-refractivity contribution is -0.188. The Morgan fingerprint density at radius 3 is 1.35 bits per heavy atom. The lowest BCUT2D eigenvalue weighted by Crippen LogP contribution is -2.61. The van der Waals surface area contributed by atoms with Crippen molar-refractivity contribution in [2.45, 2.75) is 207 Å². The van der Waals surface area contributed by atoms with Crippen molar-refractivity contribution in [2.75, 3.05) is 14.1 Å². The number of piperidine rings is 2. The van der Waals surface area contributed by atoms with E-state index in [2.05, 4.69) is 140 Å². The molecule has 0 atom stereocenters. The number of ether oxygens (including phenoxy) is 2. The smallest absolute Gasteiger partial charge is 0.324 e. The summed E-state index contributed by atoms with van der Waals surface area (Å²) in [7, 11) is 4.27. The average molecular weight is 725 g/mol. The van der Waals surface area contributed by atoms with Crippen molar-refractivity contribution in [1.29, 1.82) is 0 Å². The van der Waals surface area contributed by atoms with Crippen LogP contribution in [0.5, 0.6) is 5.75 Å². The van der Waals surface area contributed by atoms with Gasteiger partial charge >= 0.3 is 11.9 Å². The molecule has 2 heterocycles. The summed E-state index contributed by atoms with van der Waals surface area (Å²) in [5, 5.41) is 11.5. The molecule has 7 nitrogen and oxygen atoms in total. The number of benzene rings is 1. The fourth-order valence-electron chi connectivity index (χ4n) is 8.54. The van der Waals surface area contributed by atoms with Gasteiger partial charge in [-0.15, -0.1) is 12.3 Å². The van der Waals surface area contributed by atoms with Gasteiger partial charge in [-0.25, -0.2) is 0 Å². The first-order chi connectivity index (χ1) is 23.4. The zero-order valence-electron chi connectivity index (χ0n) is 36.5. The van der Waals surface area contributed by atoms with Gasteiger partial charge in [0.25, 0.3) is 0 Å². The number of terminal acetylenes is 1. The van der Waals surface area contributed by atoms with E-state index >= 15 is 0 Å². The van der Waals surface area contributed by atoms with Gasteiger partial charge in [0, 0.05) is 47.8 Å². The molecular formula is C45H76N2O5. The van der Waals surface area contributed by atoms with E-state index < -0.39 is 17.4 Å². The molecular weight excluding hydrogens is 649 g/mol. The average Bonchev–Trinajstić information content (AvgIpc) is 2.96. The highest BCUT2D eigenvalue weighted by molar-refractivity contribution is 6.00. The number of aromatic hydroxyl groups is 1. The number of carbonyl (C=O) groups is 2. The number of unbranched alkanes of at least 4 members (excludes halogenated alkanes) is 1. The molecule has 0 radical (unpaired) electrons. The van der Waals surface area contributed by atoms with Gasteiger partial charge in [0.15, 0.2) is 5.41 Å². The van der Waals surface area contributed by atoms with Crippen molar-refractivity contribution in [3.8, 4) is 18.1 Å². The van der Waals surface area contributed by atoms with Crippen LogP contribution in [0.1, 0.15) is 172 Å². The summed E-state index contributed by atoms with van der Waals surface area (Å²) < 4.78 is 13.1. The number of hydrogen-bond acceptors (Lipinski definition) is 7. The molecule has 0 aromatic heterocycles. The first-order valence-electron chi connectivity index (χ1n) is 19.6. The van der Waals surface area contributed by atoms with E-state index in [0.29, 0.717) is 38.5 Å². The van der Waals surface area contributed by atoms with E-state index in [9.17, 15) is 14.7 Å². The molecule has 1 aromatic carbocycles. The summed E-state index contributed by atoms with van der Waals surface area (Å²) in [5.41, 5.74) is -0.562. The minimum Gasteiger partial charge on any atom is -0.507 e. The predicted octanol–water partition coefficient (Wildman–Crippen LogP) is 9.73. The Morgan fingerprint density at radius 2 is 1.08 bits per heavy atom. The van der Waals surface area contributed by atoms with Gasteiger partial charge in [-0.3, -0.25) is 19.4 Å². The molecule has 0 aliphatic carbocycles. The summed E-state index contributed by atoms with van der Waals surface area (Å²) in [5.74, 6) is 1.56. The van der Waals surface area contributed by atoms with Crippen LogP contribution >= 0.6 is 0 Å². The van der Waals surface area contributed by atoms with Crippen LogP contribution in [0.3, 0.4) is 0 Å². The molecule has 0 unspecified atom stereocenters. The maximum Gasteiger partial charge on any atom is 0.324 e. The molecule has 2 fully saturated rings. The van der Waals surface area contributed by atoms with Gasteiger partial charge in [0.1, 0.15) is 18.0 Å². The van der Waals surface area contributed by atoms with Crippen LogP contribution in [-0.2, 0) is 36.3 Å². The van der Waals surface area contributed by atoms with Crippen LogP contribution in [0.15, 0.2) is 12.1 Å². The van der Waals surface area contributed by atoms with Crippen LogP contribution in [0.25, 0.3) is 0 Å². The van der Waals surface area contributed by atoms with Crippen molar-refractivity contribution in [1.82, 2.24) is 9.80 Å². The van der Waals surface area contributed by atoms with E-state index in [1.165, 1.54) is 0 Å². The third-order valence-electron chi connectivity index (χ3n) is 12.1. The molecule has 7 heteroatoms. The highest BCUT2D eigenvalue weighted by Crippen LogP contribution is 2.45. The summed E-state index contributed by atoms with van der Waals surface area (Å²) in [6.45, 7) is 33.7. The summed E-state index contributed by atoms with van der Waals surface area (Å²) >= 11 is 0. The number of hydrogen-bond donors (Lipinski definition) is 1. The van der Waals surface area contributed by atoms with E-state index in [1.807, 2.05) is 12.1 Å². The highest BCUT2D eigenvalue weighted by atomic mass is 16.6. The molecule has 1 N–H and O–H groups in total. The fourth-order valence-corrected chi connectivity index (χ4v) is 8.54. The Balaban J connectivity index is 0.00000301. The van der Waals surface area contributed by atoms with Crippen molar-refractivity contribution >= 4 is 11.9 Å². The van der Waals surface area contributed by atoms with Crippen LogP contribution in [-0.4, -0.2) is 75.3 Å². The number of nitrogens with zero attached hydrogens (tertiary/aromatic N) is 2. The van der Waals surface area contributed by atoms with Gasteiger partial charge in [-0.2, -0.15) is 0 Å².